The molecule has 0 bridgehead atoms. The molecule has 0 aromatic carbocycles. The first-order chi connectivity index (χ1) is 11.2. The minimum Gasteiger partial charge on any atom is -0.478 e. The van der Waals surface area contributed by atoms with E-state index in [0.717, 1.165) is 0 Å². The summed E-state index contributed by atoms with van der Waals surface area (Å²) >= 11 is 0. The second-order valence-corrected chi connectivity index (χ2v) is 5.16. The quantitative estimate of drug-likeness (QED) is 0.685. The molecule has 0 aliphatic heterocycles. The Hall–Kier alpha value is -2.24. The predicted octanol–water partition coefficient (Wildman–Crippen LogP) is 2.12. The number of ether oxygens (including phenoxy) is 1. The number of aromatic nitrogens is 1. The lowest BCUT2D eigenvalue weighted by Gasteiger charge is -2.26. The first-order valence-electron chi connectivity index (χ1n) is 6.78. The van der Waals surface area contributed by atoms with Crippen molar-refractivity contribution in [2.45, 2.75) is 31.8 Å². The van der Waals surface area contributed by atoms with Crippen LogP contribution in [-0.2, 0) is 6.18 Å². The second-order valence-electron chi connectivity index (χ2n) is 5.16. The molecule has 0 fully saturated rings. The zero-order valence-corrected chi connectivity index (χ0v) is 13.0. The van der Waals surface area contributed by atoms with Gasteiger partial charge in [-0.2, -0.15) is 26.3 Å². The molecular weight excluding hydrogens is 360 g/mol. The summed E-state index contributed by atoms with van der Waals surface area (Å²) in [5.41, 5.74) is -0.690. The zero-order chi connectivity index (χ0) is 19.6. The van der Waals surface area contributed by atoms with E-state index in [9.17, 15) is 36.2 Å². The van der Waals surface area contributed by atoms with Crippen LogP contribution in [0.1, 0.15) is 29.9 Å². The number of carbonyl (C=O) groups is 1. The molecule has 142 valence electrons. The Kier molecular flexibility index (Phi) is 5.78. The fourth-order valence-electron chi connectivity index (χ4n) is 1.58. The predicted molar refractivity (Wildman–Crippen MR) is 73.8 cm³/mol. The number of pyridine rings is 1. The van der Waals surface area contributed by atoms with Crippen LogP contribution in [0.5, 0.6) is 5.88 Å². The topological polar surface area (TPSA) is 97.5 Å². The molecule has 0 aliphatic rings. The number of hydrogen-bond donors (Lipinski definition) is 3. The van der Waals surface area contributed by atoms with Crippen molar-refractivity contribution in [2.75, 3.05) is 18.9 Å². The lowest BCUT2D eigenvalue weighted by Crippen LogP contribution is -2.51. The van der Waals surface area contributed by atoms with Crippen LogP contribution in [0.4, 0.5) is 32.0 Å². The number of anilines is 1. The molecule has 12 heteroatoms. The second kappa shape index (κ2) is 6.94. The van der Waals surface area contributed by atoms with E-state index in [1.165, 1.54) is 6.92 Å². The molecule has 0 radical (unpaired) electrons. The van der Waals surface area contributed by atoms with Gasteiger partial charge in [0.1, 0.15) is 5.56 Å². The van der Waals surface area contributed by atoms with Crippen LogP contribution in [0, 0.1) is 0 Å². The molecule has 1 heterocycles. The first kappa shape index (κ1) is 20.8. The molecule has 6 nitrogen and oxygen atoms in total. The maximum Gasteiger partial charge on any atom is 0.421 e. The van der Waals surface area contributed by atoms with Crippen LogP contribution in [0.3, 0.4) is 0 Å². The van der Waals surface area contributed by atoms with E-state index in [2.05, 4.69) is 4.98 Å². The lowest BCUT2D eigenvalue weighted by molar-refractivity contribution is -0.249. The fraction of sp³-hybridized carbons (Fsp3) is 0.538. The van der Waals surface area contributed by atoms with Crippen molar-refractivity contribution in [3.63, 3.8) is 0 Å². The average molecular weight is 375 g/mol. The van der Waals surface area contributed by atoms with Crippen molar-refractivity contribution in [1.29, 1.82) is 0 Å². The van der Waals surface area contributed by atoms with Gasteiger partial charge >= 0.3 is 12.4 Å². The standard InChI is InChI=1S/C13H15F6N3O3/c1-3-25-10-6(12(14,15)16)4-7(20)8(22-10)9(23)21-5-11(2,24)13(17,18)19/h4,24H,3,5,20H2,1-2H3,(H,21,23). The van der Waals surface area contributed by atoms with E-state index in [4.69, 9.17) is 10.5 Å². The number of nitrogens with zero attached hydrogens (tertiary/aromatic N) is 1. The summed E-state index contributed by atoms with van der Waals surface area (Å²) < 4.78 is 81.0. The molecule has 25 heavy (non-hydrogen) atoms. The number of nitrogens with one attached hydrogen (secondary N) is 1. The van der Waals surface area contributed by atoms with Gasteiger partial charge in [0.05, 0.1) is 18.8 Å². The Morgan fingerprint density at radius 1 is 1.32 bits per heavy atom. The van der Waals surface area contributed by atoms with E-state index >= 15 is 0 Å². The largest absolute Gasteiger partial charge is 0.478 e. The third-order valence-corrected chi connectivity index (χ3v) is 3.02. The van der Waals surface area contributed by atoms with E-state index in [-0.39, 0.29) is 6.61 Å². The van der Waals surface area contributed by atoms with Crippen LogP contribution in [0.2, 0.25) is 0 Å². The number of hydrogen-bond acceptors (Lipinski definition) is 5. The number of halogens is 6. The van der Waals surface area contributed by atoms with Crippen LogP contribution in [0.25, 0.3) is 0 Å². The number of carbonyl (C=O) groups excluding carboxylic acids is 1. The number of nitrogen functional groups attached to an aromatic ring is 1. The lowest BCUT2D eigenvalue weighted by atomic mass is 10.1. The van der Waals surface area contributed by atoms with E-state index < -0.39 is 53.2 Å². The number of rotatable bonds is 5. The van der Waals surface area contributed by atoms with Crippen molar-refractivity contribution in [3.8, 4) is 5.88 Å². The summed E-state index contributed by atoms with van der Waals surface area (Å²) in [5, 5.41) is 11.0. The highest BCUT2D eigenvalue weighted by Crippen LogP contribution is 2.37. The van der Waals surface area contributed by atoms with Gasteiger partial charge in [-0.1, -0.05) is 0 Å². The van der Waals surface area contributed by atoms with Crippen molar-refractivity contribution in [3.05, 3.63) is 17.3 Å². The molecule has 4 N–H and O–H groups in total. The molecule has 1 aromatic heterocycles. The fourth-order valence-corrected chi connectivity index (χ4v) is 1.58. The Morgan fingerprint density at radius 3 is 2.32 bits per heavy atom. The summed E-state index contributed by atoms with van der Waals surface area (Å²) in [6, 6.07) is 0.398. The maximum absolute atomic E-state index is 12.9. The smallest absolute Gasteiger partial charge is 0.421 e. The van der Waals surface area contributed by atoms with Crippen LogP contribution in [0.15, 0.2) is 6.07 Å². The van der Waals surface area contributed by atoms with Gasteiger partial charge in [-0.25, -0.2) is 4.98 Å². The average Bonchev–Trinajstić information content (AvgIpc) is 2.44. The number of amides is 1. The molecule has 0 spiro atoms. The van der Waals surface area contributed by atoms with Gasteiger partial charge in [-0.15, -0.1) is 0 Å². The van der Waals surface area contributed by atoms with Gasteiger partial charge in [0.2, 0.25) is 5.88 Å². The monoisotopic (exact) mass is 375 g/mol. The Balaban J connectivity index is 3.13. The maximum atomic E-state index is 12.9. The molecular formula is C13H15F6N3O3. The summed E-state index contributed by atoms with van der Waals surface area (Å²) in [7, 11) is 0. The van der Waals surface area contributed by atoms with Crippen molar-refractivity contribution in [2.24, 2.45) is 0 Å². The van der Waals surface area contributed by atoms with Gasteiger partial charge in [0, 0.05) is 0 Å². The van der Waals surface area contributed by atoms with Gasteiger partial charge in [0.25, 0.3) is 5.91 Å². The third kappa shape index (κ3) is 4.87. The van der Waals surface area contributed by atoms with Gasteiger partial charge in [0.15, 0.2) is 11.3 Å². The van der Waals surface area contributed by atoms with Crippen LogP contribution >= 0.6 is 0 Å². The van der Waals surface area contributed by atoms with E-state index in [0.29, 0.717) is 13.0 Å². The van der Waals surface area contributed by atoms with Gasteiger partial charge in [-0.3, -0.25) is 4.79 Å². The zero-order valence-electron chi connectivity index (χ0n) is 13.0. The normalized spacial score (nSPS) is 14.8. The minimum atomic E-state index is -5.03. The van der Waals surface area contributed by atoms with Crippen LogP contribution < -0.4 is 15.8 Å². The number of aliphatic hydroxyl groups is 1. The molecule has 1 amide bonds. The number of alkyl halides is 6. The summed E-state index contributed by atoms with van der Waals surface area (Å²) in [5.74, 6) is -2.23. The van der Waals surface area contributed by atoms with Crippen molar-refractivity contribution >= 4 is 11.6 Å². The first-order valence-corrected chi connectivity index (χ1v) is 6.78. The molecule has 1 aromatic rings. The molecule has 0 aliphatic carbocycles. The summed E-state index contributed by atoms with van der Waals surface area (Å²) in [4.78, 5) is 15.2. The van der Waals surface area contributed by atoms with Crippen molar-refractivity contribution < 1.29 is 41.0 Å². The molecule has 1 unspecified atom stereocenters. The van der Waals surface area contributed by atoms with Crippen molar-refractivity contribution in [1.82, 2.24) is 10.3 Å². The molecule has 0 saturated carbocycles. The Bertz CT molecular complexity index is 643. The Labute approximate surface area is 138 Å². The van der Waals surface area contributed by atoms with Gasteiger partial charge < -0.3 is 20.9 Å². The van der Waals surface area contributed by atoms with Crippen LogP contribution in [-0.4, -0.2) is 40.9 Å². The van der Waals surface area contributed by atoms with E-state index in [1.807, 2.05) is 0 Å². The highest BCUT2D eigenvalue weighted by Gasteiger charge is 2.50. The molecule has 1 rings (SSSR count). The molecule has 0 saturated heterocycles. The SMILES string of the molecule is CCOc1nc(C(=O)NCC(C)(O)C(F)(F)F)c(N)cc1C(F)(F)F. The summed E-state index contributed by atoms with van der Waals surface area (Å²) in [6.45, 7) is 0.339. The Morgan fingerprint density at radius 2 is 1.88 bits per heavy atom. The highest BCUT2D eigenvalue weighted by molar-refractivity contribution is 5.97. The number of nitrogens with two attached hydrogens (primary N) is 1. The summed E-state index contributed by atoms with van der Waals surface area (Å²) in [6.07, 6.45) is -9.89. The van der Waals surface area contributed by atoms with Gasteiger partial charge in [-0.05, 0) is 19.9 Å². The third-order valence-electron chi connectivity index (χ3n) is 3.02. The minimum absolute atomic E-state index is 0.205. The molecule has 1 atom stereocenters. The highest BCUT2D eigenvalue weighted by atomic mass is 19.4. The van der Waals surface area contributed by atoms with E-state index in [1.54, 1.807) is 5.32 Å².